The Hall–Kier alpha value is -1.08. The molecule has 1 aliphatic carbocycles. The molecule has 0 saturated heterocycles. The monoisotopic (exact) mass is 264 g/mol. The first kappa shape index (κ1) is 13.4. The third kappa shape index (κ3) is 3.23. The van der Waals surface area contributed by atoms with Gasteiger partial charge in [0.15, 0.2) is 0 Å². The highest BCUT2D eigenvalue weighted by Gasteiger charge is 2.23. The second kappa shape index (κ2) is 6.19. The predicted molar refractivity (Wildman–Crippen MR) is 71.4 cm³/mol. The summed E-state index contributed by atoms with van der Waals surface area (Å²) in [6.07, 6.45) is 3.71. The van der Waals surface area contributed by atoms with Gasteiger partial charge in [0, 0.05) is 24.7 Å². The number of nitrogens with zero attached hydrogens (tertiary/aromatic N) is 1. The number of methoxy groups -OCH3 is 1. The predicted octanol–water partition coefficient (Wildman–Crippen LogP) is 2.87. The Labute approximate surface area is 113 Å². The molecule has 1 aromatic rings. The summed E-state index contributed by atoms with van der Waals surface area (Å²) in [5.41, 5.74) is 1.64. The summed E-state index contributed by atoms with van der Waals surface area (Å²) in [7, 11) is 1.77. The topological polar surface area (TPSA) is 45.0 Å². The van der Waals surface area contributed by atoms with Gasteiger partial charge >= 0.3 is 0 Å². The van der Waals surface area contributed by atoms with Gasteiger partial charge in [0.2, 0.25) is 0 Å². The molecule has 0 bridgehead atoms. The summed E-state index contributed by atoms with van der Waals surface area (Å²) in [5, 5.41) is 12.9. The van der Waals surface area contributed by atoms with Gasteiger partial charge in [0.1, 0.15) is 0 Å². The minimum absolute atomic E-state index is 0.388. The van der Waals surface area contributed by atoms with Crippen LogP contribution in [0.5, 0.6) is 0 Å². The first-order valence-electron chi connectivity index (χ1n) is 6.17. The van der Waals surface area contributed by atoms with Gasteiger partial charge in [-0.3, -0.25) is 0 Å². The van der Waals surface area contributed by atoms with E-state index in [-0.39, 0.29) is 0 Å². The van der Waals surface area contributed by atoms with Crippen LogP contribution in [-0.2, 0) is 11.3 Å². The number of hydrogen-bond donors (Lipinski definition) is 1. The third-order valence-corrected chi connectivity index (χ3v) is 3.83. The molecule has 1 saturated carbocycles. The fourth-order valence-electron chi connectivity index (χ4n) is 2.35. The molecule has 3 nitrogen and oxygen atoms in total. The second-order valence-electron chi connectivity index (χ2n) is 4.67. The fraction of sp³-hybridized carbons (Fsp3) is 0.500. The van der Waals surface area contributed by atoms with E-state index in [1.165, 1.54) is 0 Å². The zero-order chi connectivity index (χ0) is 13.0. The molecule has 2 rings (SSSR count). The largest absolute Gasteiger partial charge is 0.381 e. The zero-order valence-electron chi connectivity index (χ0n) is 10.4. The highest BCUT2D eigenvalue weighted by atomic mass is 35.5. The number of ether oxygens (including phenoxy) is 1. The Kier molecular flexibility index (Phi) is 4.60. The Bertz CT molecular complexity index is 456. The summed E-state index contributed by atoms with van der Waals surface area (Å²) in [4.78, 5) is 0. The van der Waals surface area contributed by atoms with E-state index in [2.05, 4.69) is 11.4 Å². The minimum atomic E-state index is 0.388. The van der Waals surface area contributed by atoms with Gasteiger partial charge in [-0.2, -0.15) is 5.26 Å². The van der Waals surface area contributed by atoms with E-state index >= 15 is 0 Å². The van der Waals surface area contributed by atoms with E-state index in [4.69, 9.17) is 21.6 Å². The van der Waals surface area contributed by atoms with Crippen LogP contribution >= 0.6 is 11.6 Å². The van der Waals surface area contributed by atoms with E-state index < -0.39 is 0 Å². The molecule has 0 heterocycles. The van der Waals surface area contributed by atoms with Crippen LogP contribution in [0.4, 0.5) is 0 Å². The smallest absolute Gasteiger partial charge is 0.0992 e. The van der Waals surface area contributed by atoms with Gasteiger partial charge in [0.05, 0.1) is 17.7 Å². The first-order valence-corrected chi connectivity index (χ1v) is 6.55. The highest BCUT2D eigenvalue weighted by molar-refractivity contribution is 6.31. The lowest BCUT2D eigenvalue weighted by Crippen LogP contribution is -2.26. The van der Waals surface area contributed by atoms with Gasteiger partial charge in [0.25, 0.3) is 0 Å². The lowest BCUT2D eigenvalue weighted by molar-refractivity contribution is 0.107. The van der Waals surface area contributed by atoms with Crippen LogP contribution in [0.15, 0.2) is 18.2 Å². The van der Waals surface area contributed by atoms with Crippen LogP contribution in [0.1, 0.15) is 30.4 Å². The van der Waals surface area contributed by atoms with Crippen LogP contribution in [0.2, 0.25) is 5.02 Å². The van der Waals surface area contributed by atoms with Crippen LogP contribution < -0.4 is 5.32 Å². The molecule has 2 unspecified atom stereocenters. The molecule has 4 heteroatoms. The maximum absolute atomic E-state index is 8.77. The SMILES string of the molecule is COC1CCC(NCc2ccc(C#N)cc2Cl)C1. The van der Waals surface area contributed by atoms with E-state index in [1.807, 2.05) is 6.07 Å². The van der Waals surface area contributed by atoms with Crippen molar-refractivity contribution in [3.05, 3.63) is 34.3 Å². The third-order valence-electron chi connectivity index (χ3n) is 3.48. The first-order chi connectivity index (χ1) is 8.72. The van der Waals surface area contributed by atoms with E-state index in [0.717, 1.165) is 31.4 Å². The van der Waals surface area contributed by atoms with Crippen molar-refractivity contribution in [2.45, 2.75) is 38.0 Å². The van der Waals surface area contributed by atoms with Crippen LogP contribution in [0.3, 0.4) is 0 Å². The molecule has 0 aliphatic heterocycles. The summed E-state index contributed by atoms with van der Waals surface area (Å²) < 4.78 is 5.35. The standard InChI is InChI=1S/C14H17ClN2O/c1-18-13-5-4-12(7-13)17-9-11-3-2-10(8-16)6-14(11)15/h2-3,6,12-13,17H,4-5,7,9H2,1H3. The van der Waals surface area contributed by atoms with Crippen molar-refractivity contribution in [3.63, 3.8) is 0 Å². The average Bonchev–Trinajstić information content (AvgIpc) is 2.85. The maximum atomic E-state index is 8.77. The number of hydrogen-bond acceptors (Lipinski definition) is 3. The number of benzene rings is 1. The quantitative estimate of drug-likeness (QED) is 0.910. The molecule has 2 atom stereocenters. The van der Waals surface area contributed by atoms with Crippen molar-refractivity contribution in [2.24, 2.45) is 0 Å². The number of halogens is 1. The molecule has 0 spiro atoms. The lowest BCUT2D eigenvalue weighted by atomic mass is 10.1. The van der Waals surface area contributed by atoms with Crippen molar-refractivity contribution >= 4 is 11.6 Å². The van der Waals surface area contributed by atoms with Crippen molar-refractivity contribution in [1.29, 1.82) is 5.26 Å². The van der Waals surface area contributed by atoms with E-state index in [0.29, 0.717) is 22.7 Å². The maximum Gasteiger partial charge on any atom is 0.0992 e. The Morgan fingerprint density at radius 1 is 1.50 bits per heavy atom. The summed E-state index contributed by atoms with van der Waals surface area (Å²) in [6, 6.07) is 8.01. The molecule has 96 valence electrons. The lowest BCUT2D eigenvalue weighted by Gasteiger charge is -2.13. The van der Waals surface area contributed by atoms with Crippen molar-refractivity contribution in [3.8, 4) is 6.07 Å². The van der Waals surface area contributed by atoms with Crippen molar-refractivity contribution in [1.82, 2.24) is 5.32 Å². The number of rotatable bonds is 4. The molecule has 1 N–H and O–H groups in total. The molecular weight excluding hydrogens is 248 g/mol. The molecule has 1 aliphatic rings. The van der Waals surface area contributed by atoms with Crippen LogP contribution in [0.25, 0.3) is 0 Å². The Morgan fingerprint density at radius 3 is 2.94 bits per heavy atom. The van der Waals surface area contributed by atoms with Crippen molar-refractivity contribution in [2.75, 3.05) is 7.11 Å². The summed E-state index contributed by atoms with van der Waals surface area (Å²) in [6.45, 7) is 0.742. The van der Waals surface area contributed by atoms with Gasteiger partial charge in [-0.15, -0.1) is 0 Å². The molecule has 0 amide bonds. The minimum Gasteiger partial charge on any atom is -0.381 e. The highest BCUT2D eigenvalue weighted by Crippen LogP contribution is 2.23. The van der Waals surface area contributed by atoms with Gasteiger partial charge in [-0.1, -0.05) is 17.7 Å². The Balaban J connectivity index is 1.89. The van der Waals surface area contributed by atoms with Gasteiger partial charge in [-0.25, -0.2) is 0 Å². The van der Waals surface area contributed by atoms with E-state index in [1.54, 1.807) is 19.2 Å². The summed E-state index contributed by atoms with van der Waals surface area (Å²) >= 11 is 6.13. The molecule has 0 aromatic heterocycles. The van der Waals surface area contributed by atoms with Crippen LogP contribution in [-0.4, -0.2) is 19.3 Å². The molecular formula is C14H17ClN2O. The second-order valence-corrected chi connectivity index (χ2v) is 5.07. The molecule has 18 heavy (non-hydrogen) atoms. The normalized spacial score (nSPS) is 22.9. The fourth-order valence-corrected chi connectivity index (χ4v) is 2.60. The number of nitrogens with one attached hydrogen (secondary N) is 1. The Morgan fingerprint density at radius 2 is 2.33 bits per heavy atom. The zero-order valence-corrected chi connectivity index (χ0v) is 11.2. The van der Waals surface area contributed by atoms with Crippen LogP contribution in [0, 0.1) is 11.3 Å². The van der Waals surface area contributed by atoms with Gasteiger partial charge in [-0.05, 0) is 37.0 Å². The molecule has 0 radical (unpaired) electrons. The van der Waals surface area contributed by atoms with E-state index in [9.17, 15) is 0 Å². The molecule has 1 fully saturated rings. The van der Waals surface area contributed by atoms with Crippen molar-refractivity contribution < 1.29 is 4.74 Å². The summed E-state index contributed by atoms with van der Waals surface area (Å²) in [5.74, 6) is 0. The number of nitriles is 1. The average molecular weight is 265 g/mol. The van der Waals surface area contributed by atoms with Gasteiger partial charge < -0.3 is 10.1 Å². The molecule has 1 aromatic carbocycles.